The van der Waals surface area contributed by atoms with Crippen molar-refractivity contribution in [3.63, 3.8) is 0 Å². The number of ether oxygens (including phenoxy) is 2. The summed E-state index contributed by atoms with van der Waals surface area (Å²) in [6, 6.07) is 16.1. The summed E-state index contributed by atoms with van der Waals surface area (Å²) >= 11 is 0. The Morgan fingerprint density at radius 1 is 0.912 bits per heavy atom. The van der Waals surface area contributed by atoms with Crippen molar-refractivity contribution in [3.8, 4) is 22.8 Å². The lowest BCUT2D eigenvalue weighted by Crippen LogP contribution is -2.46. The molecule has 5 rings (SSSR count). The Labute approximate surface area is 198 Å². The van der Waals surface area contributed by atoms with Crippen LogP contribution in [0.5, 0.6) is 11.5 Å². The normalized spacial score (nSPS) is 14.5. The molecule has 0 atom stereocenters. The second-order valence-electron chi connectivity index (χ2n) is 8.42. The first kappa shape index (κ1) is 22.0. The van der Waals surface area contributed by atoms with E-state index in [1.165, 1.54) is 5.56 Å². The fourth-order valence-corrected chi connectivity index (χ4v) is 4.32. The number of piperazine rings is 1. The van der Waals surface area contributed by atoms with E-state index in [0.717, 1.165) is 60.9 Å². The molecule has 0 spiro atoms. The summed E-state index contributed by atoms with van der Waals surface area (Å²) in [7, 11) is 5.17. The van der Waals surface area contributed by atoms with Gasteiger partial charge in [-0.2, -0.15) is 10.1 Å². The summed E-state index contributed by atoms with van der Waals surface area (Å²) in [5.41, 5.74) is 9.91. The number of benzene rings is 2. The lowest BCUT2D eigenvalue weighted by molar-refractivity contribution is 0.248. The van der Waals surface area contributed by atoms with Crippen molar-refractivity contribution in [2.45, 2.75) is 6.54 Å². The Hall–Kier alpha value is -3.85. The summed E-state index contributed by atoms with van der Waals surface area (Å²) in [6.45, 7) is 4.42. The number of rotatable bonds is 6. The number of anilines is 2. The summed E-state index contributed by atoms with van der Waals surface area (Å²) < 4.78 is 12.3. The van der Waals surface area contributed by atoms with Gasteiger partial charge in [-0.1, -0.05) is 24.3 Å². The zero-order chi connectivity index (χ0) is 23.7. The smallest absolute Gasteiger partial charge is 0.228 e. The highest BCUT2D eigenvalue weighted by molar-refractivity contribution is 5.99. The van der Waals surface area contributed by atoms with E-state index in [9.17, 15) is 0 Å². The maximum Gasteiger partial charge on any atom is 0.228 e. The molecular weight excluding hydrogens is 430 g/mol. The molecule has 1 fully saturated rings. The number of methoxy groups -OCH3 is 2. The largest absolute Gasteiger partial charge is 0.497 e. The number of hydrogen-bond acceptors (Lipinski definition) is 8. The fraction of sp³-hybridized carbons (Fsp3) is 0.320. The van der Waals surface area contributed by atoms with Crippen LogP contribution in [0.15, 0.2) is 48.5 Å². The summed E-state index contributed by atoms with van der Waals surface area (Å²) in [6.07, 6.45) is 0. The van der Waals surface area contributed by atoms with Gasteiger partial charge in [-0.3, -0.25) is 9.58 Å². The number of fused-ring (bicyclic) bond motifs is 1. The molecule has 1 aliphatic heterocycles. The van der Waals surface area contributed by atoms with Gasteiger partial charge in [0.15, 0.2) is 5.65 Å². The molecule has 1 aliphatic rings. The Balaban J connectivity index is 1.39. The van der Waals surface area contributed by atoms with E-state index in [1.807, 2.05) is 43.4 Å². The zero-order valence-corrected chi connectivity index (χ0v) is 19.7. The molecule has 176 valence electrons. The van der Waals surface area contributed by atoms with Crippen molar-refractivity contribution >= 4 is 22.8 Å². The molecule has 0 amide bonds. The molecular formula is C25H29N7O2. The third-order valence-corrected chi connectivity index (χ3v) is 6.29. The van der Waals surface area contributed by atoms with Gasteiger partial charge in [0.25, 0.3) is 0 Å². The van der Waals surface area contributed by atoms with Gasteiger partial charge in [0, 0.05) is 45.3 Å². The Kier molecular flexibility index (Phi) is 5.93. The van der Waals surface area contributed by atoms with E-state index in [-0.39, 0.29) is 0 Å². The predicted molar refractivity (Wildman–Crippen MR) is 133 cm³/mol. The Morgan fingerprint density at radius 2 is 1.65 bits per heavy atom. The first-order chi connectivity index (χ1) is 16.6. The molecule has 9 nitrogen and oxygen atoms in total. The van der Waals surface area contributed by atoms with E-state index < -0.39 is 0 Å². The molecule has 2 aromatic heterocycles. The van der Waals surface area contributed by atoms with Crippen LogP contribution in [0.2, 0.25) is 0 Å². The summed E-state index contributed by atoms with van der Waals surface area (Å²) in [5.74, 6) is 2.86. The average Bonchev–Trinajstić information content (AvgIpc) is 3.17. The van der Waals surface area contributed by atoms with Gasteiger partial charge in [0.05, 0.1) is 25.3 Å². The molecule has 2 aromatic carbocycles. The van der Waals surface area contributed by atoms with Gasteiger partial charge in [-0.05, 0) is 29.8 Å². The molecule has 0 aliphatic carbocycles. The fourth-order valence-electron chi connectivity index (χ4n) is 4.32. The van der Waals surface area contributed by atoms with Crippen LogP contribution in [-0.2, 0) is 13.6 Å². The molecule has 9 heteroatoms. The highest BCUT2D eigenvalue weighted by atomic mass is 16.5. The monoisotopic (exact) mass is 459 g/mol. The van der Waals surface area contributed by atoms with Crippen LogP contribution in [0.3, 0.4) is 0 Å². The van der Waals surface area contributed by atoms with Gasteiger partial charge in [-0.25, -0.2) is 4.98 Å². The molecule has 0 bridgehead atoms. The van der Waals surface area contributed by atoms with Crippen molar-refractivity contribution in [2.24, 2.45) is 7.05 Å². The number of nitrogen functional groups attached to an aromatic ring is 1. The lowest BCUT2D eigenvalue weighted by atomic mass is 10.1. The van der Waals surface area contributed by atoms with Crippen LogP contribution in [0, 0.1) is 0 Å². The van der Waals surface area contributed by atoms with Crippen LogP contribution in [0.25, 0.3) is 22.3 Å². The minimum absolute atomic E-state index is 0.545. The average molecular weight is 460 g/mol. The van der Waals surface area contributed by atoms with Gasteiger partial charge in [0.1, 0.15) is 17.3 Å². The molecule has 2 N–H and O–H groups in total. The van der Waals surface area contributed by atoms with Crippen LogP contribution >= 0.6 is 0 Å². The number of hydrogen-bond donors (Lipinski definition) is 1. The van der Waals surface area contributed by atoms with Crippen LogP contribution in [0.1, 0.15) is 5.56 Å². The van der Waals surface area contributed by atoms with E-state index in [4.69, 9.17) is 25.2 Å². The van der Waals surface area contributed by atoms with E-state index in [2.05, 4.69) is 27.0 Å². The van der Waals surface area contributed by atoms with Crippen molar-refractivity contribution in [1.29, 1.82) is 0 Å². The summed E-state index contributed by atoms with van der Waals surface area (Å²) in [4.78, 5) is 14.4. The molecule has 1 saturated heterocycles. The van der Waals surface area contributed by atoms with Gasteiger partial charge in [0.2, 0.25) is 5.95 Å². The Bertz CT molecular complexity index is 1290. The maximum absolute atomic E-state index is 6.35. The van der Waals surface area contributed by atoms with Gasteiger partial charge >= 0.3 is 0 Å². The van der Waals surface area contributed by atoms with E-state index in [0.29, 0.717) is 17.4 Å². The SMILES string of the molecule is COc1ccc(CN2CCN(c3nc(-c4cccc(OC)c4)c4c(N)n(C)nc4n3)CC2)cc1. The standard InChI is InChI=1S/C25H29N7O2/c1-30-23(26)21-22(18-5-4-6-20(15-18)34-3)27-25(28-24(21)29-30)32-13-11-31(12-14-32)16-17-7-9-19(33-2)10-8-17/h4-10,15H,11-14,16,26H2,1-3H3. The van der Waals surface area contributed by atoms with E-state index in [1.54, 1.807) is 18.9 Å². The highest BCUT2D eigenvalue weighted by Crippen LogP contribution is 2.33. The quantitative estimate of drug-likeness (QED) is 0.470. The predicted octanol–water partition coefficient (Wildman–Crippen LogP) is 2.95. The van der Waals surface area contributed by atoms with Gasteiger partial charge < -0.3 is 20.1 Å². The minimum atomic E-state index is 0.545. The molecule has 0 unspecified atom stereocenters. The lowest BCUT2D eigenvalue weighted by Gasteiger charge is -2.34. The number of nitrogens with two attached hydrogens (primary N) is 1. The maximum atomic E-state index is 6.35. The third kappa shape index (κ3) is 4.22. The van der Waals surface area contributed by atoms with Gasteiger partial charge in [-0.15, -0.1) is 0 Å². The molecule has 34 heavy (non-hydrogen) atoms. The first-order valence-corrected chi connectivity index (χ1v) is 11.3. The zero-order valence-electron chi connectivity index (χ0n) is 19.7. The molecule has 0 saturated carbocycles. The number of aryl methyl sites for hydroxylation is 1. The van der Waals surface area contributed by atoms with Crippen LogP contribution in [-0.4, -0.2) is 65.0 Å². The third-order valence-electron chi connectivity index (χ3n) is 6.29. The Morgan fingerprint density at radius 3 is 2.35 bits per heavy atom. The van der Waals surface area contributed by atoms with Crippen molar-refractivity contribution in [1.82, 2.24) is 24.6 Å². The molecule has 0 radical (unpaired) electrons. The second kappa shape index (κ2) is 9.18. The number of nitrogens with zero attached hydrogens (tertiary/aromatic N) is 6. The van der Waals surface area contributed by atoms with Crippen molar-refractivity contribution in [3.05, 3.63) is 54.1 Å². The molecule has 3 heterocycles. The first-order valence-electron chi connectivity index (χ1n) is 11.3. The topological polar surface area (TPSA) is 94.6 Å². The summed E-state index contributed by atoms with van der Waals surface area (Å²) in [5, 5.41) is 5.31. The van der Waals surface area contributed by atoms with Crippen LogP contribution in [0.4, 0.5) is 11.8 Å². The van der Waals surface area contributed by atoms with Crippen molar-refractivity contribution < 1.29 is 9.47 Å². The van der Waals surface area contributed by atoms with E-state index >= 15 is 0 Å². The highest BCUT2D eigenvalue weighted by Gasteiger charge is 2.23. The number of aromatic nitrogens is 4. The second-order valence-corrected chi connectivity index (χ2v) is 8.42. The molecule has 4 aromatic rings. The van der Waals surface area contributed by atoms with Crippen LogP contribution < -0.4 is 20.1 Å². The minimum Gasteiger partial charge on any atom is -0.497 e. The van der Waals surface area contributed by atoms with Crippen molar-refractivity contribution in [2.75, 3.05) is 51.0 Å².